The zero-order valence-corrected chi connectivity index (χ0v) is 8.95. The van der Waals surface area contributed by atoms with Crippen LogP contribution in [0.2, 0.25) is 0 Å². The standard InChI is InChI=1S/C13H12F2N/c1-10-4-2-3-7-16(10)9-11-5-6-12(14)13(15)8-11/h2-8H,9H2,1H3/q+1. The van der Waals surface area contributed by atoms with Crippen LogP contribution in [-0.4, -0.2) is 0 Å². The molecule has 0 spiro atoms. The fraction of sp³-hybridized carbons (Fsp3) is 0.154. The predicted octanol–water partition coefficient (Wildman–Crippen LogP) is 2.61. The Morgan fingerprint density at radius 3 is 2.56 bits per heavy atom. The maximum Gasteiger partial charge on any atom is 0.178 e. The van der Waals surface area contributed by atoms with E-state index in [0.29, 0.717) is 6.54 Å². The van der Waals surface area contributed by atoms with Crippen molar-refractivity contribution in [3.8, 4) is 0 Å². The summed E-state index contributed by atoms with van der Waals surface area (Å²) >= 11 is 0. The lowest BCUT2D eigenvalue weighted by Gasteiger charge is -2.01. The third-order valence-electron chi connectivity index (χ3n) is 2.50. The number of aryl methyl sites for hydroxylation is 1. The van der Waals surface area contributed by atoms with E-state index in [9.17, 15) is 8.78 Å². The molecule has 0 aliphatic heterocycles. The number of benzene rings is 1. The Morgan fingerprint density at radius 1 is 1.06 bits per heavy atom. The summed E-state index contributed by atoms with van der Waals surface area (Å²) < 4.78 is 27.7. The van der Waals surface area contributed by atoms with E-state index < -0.39 is 11.6 Å². The van der Waals surface area contributed by atoms with Crippen molar-refractivity contribution >= 4 is 0 Å². The number of hydrogen-bond acceptors (Lipinski definition) is 0. The molecule has 0 unspecified atom stereocenters. The van der Waals surface area contributed by atoms with Gasteiger partial charge in [0.25, 0.3) is 0 Å². The van der Waals surface area contributed by atoms with Crippen molar-refractivity contribution in [3.63, 3.8) is 0 Å². The highest BCUT2D eigenvalue weighted by atomic mass is 19.2. The molecule has 1 aromatic carbocycles. The van der Waals surface area contributed by atoms with Crippen LogP contribution in [0.3, 0.4) is 0 Å². The van der Waals surface area contributed by atoms with Crippen molar-refractivity contribution in [3.05, 3.63) is 65.5 Å². The molecule has 0 aliphatic carbocycles. The molecule has 0 bridgehead atoms. The lowest BCUT2D eigenvalue weighted by molar-refractivity contribution is -0.694. The maximum atomic E-state index is 13.0. The molecule has 3 heteroatoms. The van der Waals surface area contributed by atoms with Crippen LogP contribution in [0.1, 0.15) is 11.3 Å². The lowest BCUT2D eigenvalue weighted by atomic mass is 10.2. The molecule has 16 heavy (non-hydrogen) atoms. The van der Waals surface area contributed by atoms with E-state index >= 15 is 0 Å². The third kappa shape index (κ3) is 2.24. The second kappa shape index (κ2) is 4.39. The molecule has 0 N–H and O–H groups in total. The molecule has 0 amide bonds. The Hall–Kier alpha value is -1.77. The van der Waals surface area contributed by atoms with Crippen LogP contribution in [0.5, 0.6) is 0 Å². The van der Waals surface area contributed by atoms with E-state index in [1.807, 2.05) is 35.9 Å². The smallest absolute Gasteiger partial charge is 0.178 e. The minimum absolute atomic E-state index is 0.546. The first-order valence-electron chi connectivity index (χ1n) is 5.06. The van der Waals surface area contributed by atoms with Crippen LogP contribution in [-0.2, 0) is 6.54 Å². The molecular formula is C13H12F2N+. The molecular weight excluding hydrogens is 208 g/mol. The number of hydrogen-bond donors (Lipinski definition) is 0. The number of rotatable bonds is 2. The molecule has 82 valence electrons. The molecule has 0 fully saturated rings. The Labute approximate surface area is 93.0 Å². The highest BCUT2D eigenvalue weighted by Gasteiger charge is 2.08. The van der Waals surface area contributed by atoms with E-state index in [1.54, 1.807) is 6.07 Å². The van der Waals surface area contributed by atoms with Gasteiger partial charge in [-0.3, -0.25) is 0 Å². The summed E-state index contributed by atoms with van der Waals surface area (Å²) in [4.78, 5) is 0. The quantitative estimate of drug-likeness (QED) is 0.685. The van der Waals surface area contributed by atoms with Gasteiger partial charge in [-0.1, -0.05) is 6.07 Å². The van der Waals surface area contributed by atoms with Gasteiger partial charge in [-0.05, 0) is 18.2 Å². The van der Waals surface area contributed by atoms with Gasteiger partial charge in [-0.25, -0.2) is 8.78 Å². The van der Waals surface area contributed by atoms with Gasteiger partial charge >= 0.3 is 0 Å². The first kappa shape index (κ1) is 10.7. The molecule has 0 radical (unpaired) electrons. The zero-order chi connectivity index (χ0) is 11.5. The molecule has 1 heterocycles. The van der Waals surface area contributed by atoms with E-state index in [4.69, 9.17) is 0 Å². The van der Waals surface area contributed by atoms with Gasteiger partial charge in [0.05, 0.1) is 0 Å². The van der Waals surface area contributed by atoms with Crippen LogP contribution >= 0.6 is 0 Å². The Kier molecular flexibility index (Phi) is 2.95. The third-order valence-corrected chi connectivity index (χ3v) is 2.50. The Bertz CT molecular complexity index is 509. The van der Waals surface area contributed by atoms with Crippen molar-refractivity contribution < 1.29 is 13.3 Å². The highest BCUT2D eigenvalue weighted by Crippen LogP contribution is 2.08. The predicted molar refractivity (Wildman–Crippen MR) is 56.8 cm³/mol. The minimum Gasteiger partial charge on any atom is -0.204 e. The number of aromatic nitrogens is 1. The van der Waals surface area contributed by atoms with Gasteiger partial charge in [0.15, 0.2) is 30.1 Å². The van der Waals surface area contributed by atoms with Crippen LogP contribution in [0, 0.1) is 18.6 Å². The lowest BCUT2D eigenvalue weighted by Crippen LogP contribution is -2.36. The summed E-state index contributed by atoms with van der Waals surface area (Å²) in [5.41, 5.74) is 1.82. The first-order valence-corrected chi connectivity index (χ1v) is 5.06. The van der Waals surface area contributed by atoms with Crippen LogP contribution in [0.4, 0.5) is 8.78 Å². The van der Waals surface area contributed by atoms with Gasteiger partial charge in [0, 0.05) is 24.6 Å². The monoisotopic (exact) mass is 220 g/mol. The van der Waals surface area contributed by atoms with Crippen molar-refractivity contribution in [1.29, 1.82) is 0 Å². The second-order valence-corrected chi connectivity index (χ2v) is 3.72. The molecule has 2 rings (SSSR count). The fourth-order valence-corrected chi connectivity index (χ4v) is 1.57. The fourth-order valence-electron chi connectivity index (χ4n) is 1.57. The molecule has 1 nitrogen and oxygen atoms in total. The largest absolute Gasteiger partial charge is 0.204 e. The maximum absolute atomic E-state index is 13.0. The van der Waals surface area contributed by atoms with Crippen molar-refractivity contribution in [2.45, 2.75) is 13.5 Å². The van der Waals surface area contributed by atoms with Gasteiger partial charge in [-0.15, -0.1) is 0 Å². The summed E-state index contributed by atoms with van der Waals surface area (Å²) in [6.45, 7) is 2.52. The highest BCUT2D eigenvalue weighted by molar-refractivity contribution is 5.16. The van der Waals surface area contributed by atoms with Crippen molar-refractivity contribution in [2.24, 2.45) is 0 Å². The Morgan fingerprint density at radius 2 is 1.88 bits per heavy atom. The van der Waals surface area contributed by atoms with Crippen LogP contribution in [0.15, 0.2) is 42.6 Å². The average molecular weight is 220 g/mol. The van der Waals surface area contributed by atoms with Gasteiger partial charge < -0.3 is 0 Å². The normalized spacial score (nSPS) is 10.4. The summed E-state index contributed by atoms with van der Waals surface area (Å²) in [6, 6.07) is 9.81. The minimum atomic E-state index is -0.807. The Balaban J connectivity index is 2.28. The second-order valence-electron chi connectivity index (χ2n) is 3.72. The molecule has 0 saturated carbocycles. The molecule has 2 aromatic rings. The van der Waals surface area contributed by atoms with E-state index in [1.165, 1.54) is 6.07 Å². The van der Waals surface area contributed by atoms with Gasteiger partial charge in [-0.2, -0.15) is 4.57 Å². The summed E-state index contributed by atoms with van der Waals surface area (Å²) in [6.07, 6.45) is 1.91. The first-order chi connectivity index (χ1) is 7.66. The molecule has 0 saturated heterocycles. The average Bonchev–Trinajstić information content (AvgIpc) is 2.27. The number of nitrogens with zero attached hydrogens (tertiary/aromatic N) is 1. The van der Waals surface area contributed by atoms with Crippen LogP contribution in [0.25, 0.3) is 0 Å². The topological polar surface area (TPSA) is 3.88 Å². The summed E-state index contributed by atoms with van der Waals surface area (Å²) in [7, 11) is 0. The molecule has 0 aliphatic rings. The van der Waals surface area contributed by atoms with Crippen molar-refractivity contribution in [2.75, 3.05) is 0 Å². The zero-order valence-electron chi connectivity index (χ0n) is 8.95. The van der Waals surface area contributed by atoms with E-state index in [0.717, 1.165) is 17.3 Å². The summed E-state index contributed by atoms with van der Waals surface area (Å²) in [5.74, 6) is -1.61. The van der Waals surface area contributed by atoms with Crippen molar-refractivity contribution in [1.82, 2.24) is 0 Å². The molecule has 1 aromatic heterocycles. The van der Waals surface area contributed by atoms with Gasteiger partial charge in [0.1, 0.15) is 0 Å². The van der Waals surface area contributed by atoms with Crippen LogP contribution < -0.4 is 4.57 Å². The summed E-state index contributed by atoms with van der Waals surface area (Å²) in [5, 5.41) is 0. The molecule has 0 atom stereocenters. The SMILES string of the molecule is Cc1cccc[n+]1Cc1ccc(F)c(F)c1. The number of halogens is 2. The van der Waals surface area contributed by atoms with Gasteiger partial charge in [0.2, 0.25) is 0 Å². The van der Waals surface area contributed by atoms with E-state index in [-0.39, 0.29) is 0 Å². The number of pyridine rings is 1. The van der Waals surface area contributed by atoms with E-state index in [2.05, 4.69) is 0 Å².